The van der Waals surface area contributed by atoms with Crippen molar-refractivity contribution in [3.8, 4) is 5.75 Å². The minimum Gasteiger partial charge on any atom is -0.482 e. The fourth-order valence-corrected chi connectivity index (χ4v) is 0.885. The highest BCUT2D eigenvalue weighted by molar-refractivity contribution is 5.68. The molecule has 0 bridgehead atoms. The Kier molecular flexibility index (Phi) is 3.39. The Bertz CT molecular complexity index is 326. The van der Waals surface area contributed by atoms with E-state index in [1.807, 2.05) is 0 Å². The Morgan fingerprint density at radius 2 is 2.21 bits per heavy atom. The van der Waals surface area contributed by atoms with E-state index < -0.39 is 19.0 Å². The molecule has 0 unspecified atom stereocenters. The van der Waals surface area contributed by atoms with E-state index in [9.17, 15) is 13.6 Å². The van der Waals surface area contributed by atoms with Crippen molar-refractivity contribution < 1.29 is 23.4 Å². The summed E-state index contributed by atoms with van der Waals surface area (Å²) in [6, 6.07) is 5.18. The van der Waals surface area contributed by atoms with Gasteiger partial charge in [0.1, 0.15) is 5.75 Å². The molecule has 14 heavy (non-hydrogen) atoms. The SMILES string of the molecule is O=C(O)COc1cccc(C(F)F)c1. The quantitative estimate of drug-likeness (QED) is 0.813. The topological polar surface area (TPSA) is 46.5 Å². The van der Waals surface area contributed by atoms with E-state index in [1.54, 1.807) is 0 Å². The maximum absolute atomic E-state index is 12.2. The Morgan fingerprint density at radius 1 is 1.50 bits per heavy atom. The highest BCUT2D eigenvalue weighted by Crippen LogP contribution is 2.22. The van der Waals surface area contributed by atoms with Crippen LogP contribution < -0.4 is 4.74 Å². The number of aliphatic carboxylic acids is 1. The zero-order chi connectivity index (χ0) is 10.6. The first kappa shape index (κ1) is 10.4. The standard InChI is InChI=1S/C9H8F2O3/c10-9(11)6-2-1-3-7(4-6)14-5-8(12)13/h1-4,9H,5H2,(H,12,13). The number of carboxylic acid groups (broad SMARTS) is 1. The van der Waals surface area contributed by atoms with Gasteiger partial charge in [0.2, 0.25) is 0 Å². The summed E-state index contributed by atoms with van der Waals surface area (Å²) in [7, 11) is 0. The van der Waals surface area contributed by atoms with Crippen LogP contribution in [0.4, 0.5) is 8.78 Å². The molecule has 1 rings (SSSR count). The lowest BCUT2D eigenvalue weighted by atomic mass is 10.2. The van der Waals surface area contributed by atoms with Crippen LogP contribution in [0.15, 0.2) is 24.3 Å². The average molecular weight is 202 g/mol. The summed E-state index contributed by atoms with van der Waals surface area (Å²) in [5.74, 6) is -1.02. The molecule has 0 aliphatic rings. The van der Waals surface area contributed by atoms with Crippen LogP contribution in [0.5, 0.6) is 5.75 Å². The molecule has 1 aromatic carbocycles. The zero-order valence-electron chi connectivity index (χ0n) is 7.11. The minimum atomic E-state index is -2.58. The minimum absolute atomic E-state index is 0.130. The van der Waals surface area contributed by atoms with Gasteiger partial charge in [0.15, 0.2) is 6.61 Å². The maximum atomic E-state index is 12.2. The summed E-state index contributed by atoms with van der Waals surface area (Å²) in [6.07, 6.45) is -2.58. The second-order valence-corrected chi connectivity index (χ2v) is 2.56. The molecule has 0 spiro atoms. The van der Waals surface area contributed by atoms with E-state index in [1.165, 1.54) is 18.2 Å². The van der Waals surface area contributed by atoms with Gasteiger partial charge in [-0.05, 0) is 12.1 Å². The number of alkyl halides is 2. The Hall–Kier alpha value is -1.65. The molecule has 0 aliphatic carbocycles. The molecule has 0 heterocycles. The number of ether oxygens (including phenoxy) is 1. The summed E-state index contributed by atoms with van der Waals surface area (Å²) in [5, 5.41) is 8.28. The molecule has 0 fully saturated rings. The molecule has 76 valence electrons. The van der Waals surface area contributed by atoms with Crippen LogP contribution >= 0.6 is 0 Å². The van der Waals surface area contributed by atoms with Gasteiger partial charge in [-0.3, -0.25) is 0 Å². The van der Waals surface area contributed by atoms with Crippen molar-refractivity contribution in [2.45, 2.75) is 6.43 Å². The fraction of sp³-hybridized carbons (Fsp3) is 0.222. The summed E-state index contributed by atoms with van der Waals surface area (Å²) in [4.78, 5) is 10.1. The predicted molar refractivity (Wildman–Crippen MR) is 44.5 cm³/mol. The van der Waals surface area contributed by atoms with E-state index in [2.05, 4.69) is 0 Å². The largest absolute Gasteiger partial charge is 0.482 e. The lowest BCUT2D eigenvalue weighted by Crippen LogP contribution is -2.09. The maximum Gasteiger partial charge on any atom is 0.341 e. The second-order valence-electron chi connectivity index (χ2n) is 2.56. The molecular formula is C9H8F2O3. The van der Waals surface area contributed by atoms with Crippen LogP contribution in [0.3, 0.4) is 0 Å². The highest BCUT2D eigenvalue weighted by atomic mass is 19.3. The van der Waals surface area contributed by atoms with Gasteiger partial charge in [-0.2, -0.15) is 0 Å². The number of carbonyl (C=O) groups is 1. The van der Waals surface area contributed by atoms with Gasteiger partial charge in [0.25, 0.3) is 6.43 Å². The van der Waals surface area contributed by atoms with Crippen LogP contribution in [0.1, 0.15) is 12.0 Å². The monoisotopic (exact) mass is 202 g/mol. The Balaban J connectivity index is 2.68. The van der Waals surface area contributed by atoms with Crippen LogP contribution in [0.25, 0.3) is 0 Å². The molecule has 0 amide bonds. The van der Waals surface area contributed by atoms with E-state index in [0.29, 0.717) is 0 Å². The van der Waals surface area contributed by atoms with Crippen molar-refractivity contribution in [3.05, 3.63) is 29.8 Å². The molecule has 5 heteroatoms. The highest BCUT2D eigenvalue weighted by Gasteiger charge is 2.07. The van der Waals surface area contributed by atoms with Gasteiger partial charge < -0.3 is 9.84 Å². The number of hydrogen-bond acceptors (Lipinski definition) is 2. The predicted octanol–water partition coefficient (Wildman–Crippen LogP) is 2.09. The van der Waals surface area contributed by atoms with Gasteiger partial charge in [-0.1, -0.05) is 12.1 Å². The van der Waals surface area contributed by atoms with Crippen LogP contribution in [0, 0.1) is 0 Å². The van der Waals surface area contributed by atoms with Crippen molar-refractivity contribution in [3.63, 3.8) is 0 Å². The van der Waals surface area contributed by atoms with E-state index in [0.717, 1.165) is 6.07 Å². The van der Waals surface area contributed by atoms with Crippen molar-refractivity contribution in [2.75, 3.05) is 6.61 Å². The van der Waals surface area contributed by atoms with Crippen LogP contribution in [-0.4, -0.2) is 17.7 Å². The molecule has 1 aromatic rings. The summed E-state index contributed by atoms with van der Waals surface area (Å²) in [5.41, 5.74) is -0.187. The third kappa shape index (κ3) is 3.01. The molecular weight excluding hydrogens is 194 g/mol. The molecule has 0 aliphatic heterocycles. The van der Waals surface area contributed by atoms with E-state index in [4.69, 9.17) is 9.84 Å². The van der Waals surface area contributed by atoms with Crippen LogP contribution in [0.2, 0.25) is 0 Å². The number of hydrogen-bond donors (Lipinski definition) is 1. The first-order valence-corrected chi connectivity index (χ1v) is 3.82. The average Bonchev–Trinajstić information content (AvgIpc) is 2.15. The van der Waals surface area contributed by atoms with Crippen molar-refractivity contribution >= 4 is 5.97 Å². The molecule has 0 radical (unpaired) electrons. The van der Waals surface area contributed by atoms with Crippen molar-refractivity contribution in [2.24, 2.45) is 0 Å². The summed E-state index contributed by atoms with van der Waals surface area (Å²) >= 11 is 0. The number of rotatable bonds is 4. The third-order valence-corrected chi connectivity index (χ3v) is 1.47. The Morgan fingerprint density at radius 3 is 2.79 bits per heavy atom. The van der Waals surface area contributed by atoms with Gasteiger partial charge in [-0.25, -0.2) is 13.6 Å². The second kappa shape index (κ2) is 4.55. The summed E-state index contributed by atoms with van der Waals surface area (Å²) < 4.78 is 29.1. The third-order valence-electron chi connectivity index (χ3n) is 1.47. The molecule has 1 N–H and O–H groups in total. The normalized spacial score (nSPS) is 10.2. The van der Waals surface area contributed by atoms with Gasteiger partial charge in [0, 0.05) is 5.56 Å². The van der Waals surface area contributed by atoms with E-state index in [-0.39, 0.29) is 11.3 Å². The zero-order valence-corrected chi connectivity index (χ0v) is 7.11. The number of benzene rings is 1. The van der Waals surface area contributed by atoms with Gasteiger partial charge in [0.05, 0.1) is 0 Å². The Labute approximate surface area is 78.9 Å². The molecule has 0 atom stereocenters. The first-order valence-electron chi connectivity index (χ1n) is 3.82. The smallest absolute Gasteiger partial charge is 0.341 e. The van der Waals surface area contributed by atoms with E-state index >= 15 is 0 Å². The number of halogens is 2. The molecule has 3 nitrogen and oxygen atoms in total. The lowest BCUT2D eigenvalue weighted by Gasteiger charge is -2.04. The van der Waals surface area contributed by atoms with Gasteiger partial charge >= 0.3 is 5.97 Å². The molecule has 0 saturated carbocycles. The fourth-order valence-electron chi connectivity index (χ4n) is 0.885. The van der Waals surface area contributed by atoms with Crippen molar-refractivity contribution in [1.29, 1.82) is 0 Å². The molecule has 0 aromatic heterocycles. The van der Waals surface area contributed by atoms with Crippen molar-refractivity contribution in [1.82, 2.24) is 0 Å². The van der Waals surface area contributed by atoms with Crippen LogP contribution in [-0.2, 0) is 4.79 Å². The molecule has 0 saturated heterocycles. The lowest BCUT2D eigenvalue weighted by molar-refractivity contribution is -0.139. The summed E-state index contributed by atoms with van der Waals surface area (Å²) in [6.45, 7) is -0.535. The van der Waals surface area contributed by atoms with Gasteiger partial charge in [-0.15, -0.1) is 0 Å². The first-order chi connectivity index (χ1) is 6.59. The number of carboxylic acids is 1.